The molecule has 460 valence electrons. The topological polar surface area (TPSA) is 111 Å². The summed E-state index contributed by atoms with van der Waals surface area (Å²) in [7, 11) is 1.11. The Hall–Kier alpha value is -4.89. The van der Waals surface area contributed by atoms with E-state index in [9.17, 15) is 19.0 Å². The van der Waals surface area contributed by atoms with Crippen LogP contribution in [0.1, 0.15) is 206 Å². The van der Waals surface area contributed by atoms with Crippen LogP contribution in [0.5, 0.6) is 0 Å². The number of nitrogens with zero attached hydrogens (tertiary/aromatic N) is 1. The highest BCUT2D eigenvalue weighted by Gasteiger charge is 2.22. The molecule has 82 heavy (non-hydrogen) atoms. The van der Waals surface area contributed by atoms with Crippen LogP contribution in [0.25, 0.3) is 0 Å². The summed E-state index contributed by atoms with van der Waals surface area (Å²) >= 11 is 0. The summed E-state index contributed by atoms with van der Waals surface area (Å²) in [4.78, 5) is 37.9. The van der Waals surface area contributed by atoms with Crippen molar-refractivity contribution in [3.8, 4) is 0 Å². The Balaban J connectivity index is 4.24. The van der Waals surface area contributed by atoms with Crippen molar-refractivity contribution in [2.45, 2.75) is 213 Å². The highest BCUT2D eigenvalue weighted by molar-refractivity contribution is 7.45. The maximum absolute atomic E-state index is 12.8. The Morgan fingerprint density at radius 3 is 0.976 bits per heavy atom. The van der Waals surface area contributed by atoms with Gasteiger partial charge < -0.3 is 27.9 Å². The number of quaternary nitrogens is 1. The standard InChI is InChI=1S/C72H114NO8P/c1-6-8-10-12-14-16-18-20-22-24-26-28-29-30-31-32-33-34-35-36-37-38-39-40-41-42-43-45-47-49-51-53-55-57-59-61-63-65-72(75)81-70(69-80-82(76,77)79-67-66-73(3,4)5)68-78-71(74)64-62-60-58-56-54-52-50-48-46-44-27-25-23-21-19-17-15-13-11-9-7-2/h8-11,14-17,20-23,26-28,30-31,33-34,36-37,39-40,42-44,47-50,70H,6-7,12-13,18-19,24-25,29,32,35,38,41,45-46,51-69H2,1-5H3/b10-8-,11-9-,16-14-,17-15-,22-20-,23-21-,28-26-,31-30-,34-33-,37-36-,40-39-,43-42-,44-27-,49-47-,50-48-. The minimum Gasteiger partial charge on any atom is -0.756 e. The molecule has 0 bridgehead atoms. The highest BCUT2D eigenvalue weighted by atomic mass is 31.2. The summed E-state index contributed by atoms with van der Waals surface area (Å²) in [6, 6.07) is 0. The van der Waals surface area contributed by atoms with Crippen LogP contribution in [0.2, 0.25) is 0 Å². The lowest BCUT2D eigenvalue weighted by Gasteiger charge is -2.28. The smallest absolute Gasteiger partial charge is 0.306 e. The number of rotatable bonds is 55. The Kier molecular flexibility index (Phi) is 57.1. The molecule has 0 saturated heterocycles. The van der Waals surface area contributed by atoms with Gasteiger partial charge in [0.25, 0.3) is 7.82 Å². The molecule has 0 aromatic rings. The average molecular weight is 1150 g/mol. The van der Waals surface area contributed by atoms with Gasteiger partial charge >= 0.3 is 11.9 Å². The molecule has 0 spiro atoms. The first kappa shape index (κ1) is 77.1. The van der Waals surface area contributed by atoms with E-state index in [1.807, 2.05) is 21.1 Å². The molecule has 0 N–H and O–H groups in total. The summed E-state index contributed by atoms with van der Waals surface area (Å²) in [6.07, 6.45) is 93.7. The summed E-state index contributed by atoms with van der Waals surface area (Å²) in [5.74, 6) is -0.889. The van der Waals surface area contributed by atoms with Gasteiger partial charge in [-0.25, -0.2) is 0 Å². The minimum atomic E-state index is -4.66. The maximum Gasteiger partial charge on any atom is 0.306 e. The predicted octanol–water partition coefficient (Wildman–Crippen LogP) is 19.7. The molecule has 0 saturated carbocycles. The van der Waals surface area contributed by atoms with E-state index in [4.69, 9.17) is 18.5 Å². The van der Waals surface area contributed by atoms with E-state index in [2.05, 4.69) is 196 Å². The van der Waals surface area contributed by atoms with Crippen molar-refractivity contribution in [2.24, 2.45) is 0 Å². The number of likely N-dealkylation sites (N-methyl/N-ethyl adjacent to an activating group) is 1. The van der Waals surface area contributed by atoms with E-state index < -0.39 is 32.5 Å². The zero-order chi connectivity index (χ0) is 59.8. The van der Waals surface area contributed by atoms with Crippen LogP contribution in [-0.2, 0) is 32.7 Å². The number of carbonyl (C=O) groups is 2. The molecule has 2 unspecified atom stereocenters. The van der Waals surface area contributed by atoms with Gasteiger partial charge in [0.2, 0.25) is 0 Å². The number of phosphoric ester groups is 1. The summed E-state index contributed by atoms with van der Waals surface area (Å²) < 4.78 is 34.2. The number of allylic oxidation sites excluding steroid dienone is 30. The van der Waals surface area contributed by atoms with Gasteiger partial charge in [-0.05, 0) is 135 Å². The van der Waals surface area contributed by atoms with Crippen LogP contribution >= 0.6 is 7.82 Å². The third-order valence-corrected chi connectivity index (χ3v) is 13.4. The van der Waals surface area contributed by atoms with Crippen LogP contribution in [-0.4, -0.2) is 70.0 Å². The van der Waals surface area contributed by atoms with Crippen molar-refractivity contribution >= 4 is 19.8 Å². The zero-order valence-electron chi connectivity index (χ0n) is 52.1. The molecular weight excluding hydrogens is 1040 g/mol. The van der Waals surface area contributed by atoms with Crippen LogP contribution in [0, 0.1) is 0 Å². The first-order chi connectivity index (χ1) is 40.0. The first-order valence-corrected chi connectivity index (χ1v) is 33.0. The Morgan fingerprint density at radius 1 is 0.378 bits per heavy atom. The second-order valence-corrected chi connectivity index (χ2v) is 22.7. The van der Waals surface area contributed by atoms with Gasteiger partial charge in [-0.15, -0.1) is 0 Å². The number of ether oxygens (including phenoxy) is 2. The van der Waals surface area contributed by atoms with E-state index in [0.29, 0.717) is 23.9 Å². The first-order valence-electron chi connectivity index (χ1n) is 31.5. The Bertz CT molecular complexity index is 2030. The van der Waals surface area contributed by atoms with Crippen molar-refractivity contribution in [2.75, 3.05) is 47.5 Å². The van der Waals surface area contributed by atoms with E-state index >= 15 is 0 Å². The second kappa shape index (κ2) is 60.7. The third kappa shape index (κ3) is 64.3. The van der Waals surface area contributed by atoms with Gasteiger partial charge in [-0.2, -0.15) is 0 Å². The molecule has 0 amide bonds. The van der Waals surface area contributed by atoms with Gasteiger partial charge in [0.1, 0.15) is 19.8 Å². The fraction of sp³-hybridized carbons (Fsp3) is 0.556. The van der Waals surface area contributed by atoms with Crippen LogP contribution in [0.15, 0.2) is 182 Å². The van der Waals surface area contributed by atoms with E-state index in [0.717, 1.165) is 167 Å². The van der Waals surface area contributed by atoms with Gasteiger partial charge in [0.05, 0.1) is 27.7 Å². The van der Waals surface area contributed by atoms with Gasteiger partial charge in [-0.3, -0.25) is 14.2 Å². The number of unbranched alkanes of at least 4 members (excludes halogenated alkanes) is 11. The Morgan fingerprint density at radius 2 is 0.659 bits per heavy atom. The summed E-state index contributed by atoms with van der Waals surface area (Å²) in [5, 5.41) is 0. The third-order valence-electron chi connectivity index (χ3n) is 12.4. The lowest BCUT2D eigenvalue weighted by molar-refractivity contribution is -0.870. The number of phosphoric acid groups is 1. The molecule has 0 aromatic carbocycles. The number of hydrogen-bond acceptors (Lipinski definition) is 8. The normalized spacial score (nSPS) is 14.5. The van der Waals surface area contributed by atoms with E-state index in [1.165, 1.54) is 0 Å². The summed E-state index contributed by atoms with van der Waals surface area (Å²) in [5.41, 5.74) is 0. The molecular formula is C72H114NO8P. The molecule has 0 aliphatic rings. The van der Waals surface area contributed by atoms with Crippen LogP contribution in [0.4, 0.5) is 0 Å². The molecule has 0 aromatic heterocycles. The lowest BCUT2D eigenvalue weighted by atomic mass is 10.1. The zero-order valence-corrected chi connectivity index (χ0v) is 53.0. The van der Waals surface area contributed by atoms with E-state index in [-0.39, 0.29) is 26.1 Å². The fourth-order valence-corrected chi connectivity index (χ4v) is 8.38. The highest BCUT2D eigenvalue weighted by Crippen LogP contribution is 2.38. The van der Waals surface area contributed by atoms with Crippen molar-refractivity contribution in [3.05, 3.63) is 182 Å². The largest absolute Gasteiger partial charge is 0.756 e. The molecule has 0 radical (unpaired) electrons. The molecule has 2 atom stereocenters. The Labute approximate surface area is 501 Å². The fourth-order valence-electron chi connectivity index (χ4n) is 7.65. The monoisotopic (exact) mass is 1150 g/mol. The minimum absolute atomic E-state index is 0.0484. The SMILES string of the molecule is CC/C=C\C/C=C\C/C=C\C/C=C\C/C=C\C/C=C\C/C=C\C/C=C\C/C=C\C/C=C\CCCCCCCCC(=O)OC(COC(=O)CCCCCCC/C=C\C/C=C\C/C=C\C/C=C\C/C=C\CC)COP(=O)([O-])OCC[N+](C)(C)C. The molecule has 10 heteroatoms. The molecule has 0 heterocycles. The number of esters is 2. The molecule has 0 aliphatic heterocycles. The molecule has 0 rings (SSSR count). The summed E-state index contributed by atoms with van der Waals surface area (Å²) in [6.45, 7) is 3.94. The van der Waals surface area contributed by atoms with Crippen LogP contribution in [0.3, 0.4) is 0 Å². The molecule has 0 aliphatic carbocycles. The number of hydrogen-bond donors (Lipinski definition) is 0. The van der Waals surface area contributed by atoms with Crippen LogP contribution < -0.4 is 4.89 Å². The van der Waals surface area contributed by atoms with Gasteiger partial charge in [0, 0.05) is 12.8 Å². The molecule has 9 nitrogen and oxygen atoms in total. The number of carbonyl (C=O) groups excluding carboxylic acids is 2. The second-order valence-electron chi connectivity index (χ2n) is 21.3. The van der Waals surface area contributed by atoms with Gasteiger partial charge in [0.15, 0.2) is 6.10 Å². The van der Waals surface area contributed by atoms with E-state index in [1.54, 1.807) is 0 Å². The quantitative estimate of drug-likeness (QED) is 0.0195. The maximum atomic E-state index is 12.8. The van der Waals surface area contributed by atoms with Crippen molar-refractivity contribution < 1.29 is 42.1 Å². The molecule has 0 fully saturated rings. The average Bonchev–Trinajstić information content (AvgIpc) is 3.46. The van der Waals surface area contributed by atoms with Crippen molar-refractivity contribution in [1.82, 2.24) is 0 Å². The van der Waals surface area contributed by atoms with Gasteiger partial charge in [-0.1, -0.05) is 241 Å². The lowest BCUT2D eigenvalue weighted by Crippen LogP contribution is -2.37. The van der Waals surface area contributed by atoms with Crippen molar-refractivity contribution in [1.29, 1.82) is 0 Å². The predicted molar refractivity (Wildman–Crippen MR) is 350 cm³/mol. The van der Waals surface area contributed by atoms with Crippen molar-refractivity contribution in [3.63, 3.8) is 0 Å².